The second kappa shape index (κ2) is 5.64. The highest BCUT2D eigenvalue weighted by atomic mass is 16.6. The van der Waals surface area contributed by atoms with Crippen LogP contribution in [0.25, 0.3) is 44.5 Å². The van der Waals surface area contributed by atoms with Crippen molar-refractivity contribution in [3.05, 3.63) is 69.9 Å². The van der Waals surface area contributed by atoms with Crippen molar-refractivity contribution in [2.45, 2.75) is 6.92 Å². The lowest BCUT2D eigenvalue weighted by Crippen LogP contribution is -2.24. The maximum atomic E-state index is 12.4. The van der Waals surface area contributed by atoms with Crippen molar-refractivity contribution in [3.63, 3.8) is 0 Å². The van der Waals surface area contributed by atoms with Gasteiger partial charge in [0.2, 0.25) is 0 Å². The van der Waals surface area contributed by atoms with Crippen molar-refractivity contribution in [1.82, 2.24) is 0 Å². The summed E-state index contributed by atoms with van der Waals surface area (Å²) in [4.78, 5) is 49.5. The van der Waals surface area contributed by atoms with Gasteiger partial charge in [-0.3, -0.25) is 0 Å². The molecule has 6 heteroatoms. The van der Waals surface area contributed by atoms with E-state index in [0.717, 1.165) is 21.5 Å². The standard InChI is InChI=1S/C25H12O6/c1-3-11-19-15(23(27)30-22(11)26)8-5-13-14-6-9-17-21-16(24(28)31-25(17)29)7-4-12(20(14)21)10(2)18(13)19/h3-9H,2H2,1H3/b11-3+. The van der Waals surface area contributed by atoms with Crippen molar-refractivity contribution in [2.75, 3.05) is 0 Å². The molecule has 148 valence electrons. The van der Waals surface area contributed by atoms with Crippen LogP contribution in [0.15, 0.2) is 42.5 Å². The van der Waals surface area contributed by atoms with E-state index in [0.29, 0.717) is 43.8 Å². The molecule has 0 aromatic heterocycles. The third-order valence-corrected chi connectivity index (χ3v) is 6.09. The minimum Gasteiger partial charge on any atom is -0.386 e. The number of cyclic esters (lactones) is 4. The zero-order chi connectivity index (χ0) is 21.6. The second-order valence-corrected chi connectivity index (χ2v) is 7.52. The van der Waals surface area contributed by atoms with Gasteiger partial charge in [-0.05, 0) is 57.3 Å². The molecule has 0 N–H and O–H groups in total. The molecule has 0 unspecified atom stereocenters. The monoisotopic (exact) mass is 408 g/mol. The van der Waals surface area contributed by atoms with Gasteiger partial charge in [-0.2, -0.15) is 0 Å². The van der Waals surface area contributed by atoms with Crippen molar-refractivity contribution < 1.29 is 28.7 Å². The Morgan fingerprint density at radius 2 is 1.16 bits per heavy atom. The molecule has 4 aromatic rings. The fraction of sp³-hybridized carbons (Fsp3) is 0.0400. The Hall–Kier alpha value is -4.32. The molecule has 0 spiro atoms. The molecule has 2 aliphatic heterocycles. The summed E-state index contributed by atoms with van der Waals surface area (Å²) in [7, 11) is 0. The van der Waals surface area contributed by atoms with Gasteiger partial charge in [0, 0.05) is 10.9 Å². The maximum absolute atomic E-state index is 12.4. The largest absolute Gasteiger partial charge is 0.386 e. The topological polar surface area (TPSA) is 86.7 Å². The van der Waals surface area contributed by atoms with E-state index in [2.05, 4.69) is 6.58 Å². The van der Waals surface area contributed by atoms with E-state index in [1.54, 1.807) is 49.4 Å². The lowest BCUT2D eigenvalue weighted by Gasteiger charge is -2.22. The van der Waals surface area contributed by atoms with Gasteiger partial charge >= 0.3 is 23.9 Å². The van der Waals surface area contributed by atoms with E-state index in [1.807, 2.05) is 0 Å². The first-order chi connectivity index (χ1) is 14.9. The Bertz CT molecular complexity index is 1650. The molecule has 31 heavy (non-hydrogen) atoms. The summed E-state index contributed by atoms with van der Waals surface area (Å²) < 4.78 is 9.74. The smallest absolute Gasteiger partial charge is 0.346 e. The first-order valence-electron chi connectivity index (χ1n) is 9.58. The van der Waals surface area contributed by atoms with Crippen LogP contribution in [0.3, 0.4) is 0 Å². The van der Waals surface area contributed by atoms with E-state index < -0.39 is 23.9 Å². The minimum absolute atomic E-state index is 0.292. The highest BCUT2D eigenvalue weighted by molar-refractivity contribution is 6.34. The van der Waals surface area contributed by atoms with Crippen LogP contribution in [0.1, 0.15) is 43.6 Å². The fourth-order valence-electron chi connectivity index (χ4n) is 4.79. The number of rotatable bonds is 0. The van der Waals surface area contributed by atoms with E-state index >= 15 is 0 Å². The molecule has 2 heterocycles. The zero-order valence-corrected chi connectivity index (χ0v) is 16.2. The van der Waals surface area contributed by atoms with Crippen LogP contribution in [0.2, 0.25) is 0 Å². The highest BCUT2D eigenvalue weighted by Gasteiger charge is 2.33. The maximum Gasteiger partial charge on any atom is 0.346 e. The Labute approximate surface area is 174 Å². The molecule has 6 nitrogen and oxygen atoms in total. The van der Waals surface area contributed by atoms with E-state index in [9.17, 15) is 19.2 Å². The zero-order valence-electron chi connectivity index (χ0n) is 16.2. The first-order valence-corrected chi connectivity index (χ1v) is 9.58. The van der Waals surface area contributed by atoms with Crippen molar-refractivity contribution >= 4 is 68.3 Å². The van der Waals surface area contributed by atoms with Gasteiger partial charge in [0.1, 0.15) is 0 Å². The normalized spacial score (nSPS) is 16.9. The van der Waals surface area contributed by atoms with Crippen LogP contribution in [0.5, 0.6) is 0 Å². The van der Waals surface area contributed by atoms with Crippen LogP contribution in [-0.2, 0) is 14.3 Å². The summed E-state index contributed by atoms with van der Waals surface area (Å²) in [6, 6.07) is 10.2. The predicted octanol–water partition coefficient (Wildman–Crippen LogP) is 3.69. The molecule has 0 atom stereocenters. The van der Waals surface area contributed by atoms with Gasteiger partial charge in [-0.1, -0.05) is 30.9 Å². The van der Waals surface area contributed by atoms with Gasteiger partial charge in [-0.25, -0.2) is 19.2 Å². The van der Waals surface area contributed by atoms with Crippen LogP contribution in [-0.4, -0.2) is 23.9 Å². The number of ether oxygens (including phenoxy) is 2. The van der Waals surface area contributed by atoms with E-state index in [1.165, 1.54) is 0 Å². The van der Waals surface area contributed by atoms with Crippen molar-refractivity contribution in [2.24, 2.45) is 0 Å². The van der Waals surface area contributed by atoms with E-state index in [-0.39, 0.29) is 0 Å². The Morgan fingerprint density at radius 1 is 0.645 bits per heavy atom. The third kappa shape index (κ3) is 2.01. The van der Waals surface area contributed by atoms with Gasteiger partial charge < -0.3 is 9.47 Å². The number of hydrogen-bond acceptors (Lipinski definition) is 6. The summed E-state index contributed by atoms with van der Waals surface area (Å²) in [5, 5.41) is 4.78. The second-order valence-electron chi connectivity index (χ2n) is 7.52. The lowest BCUT2D eigenvalue weighted by molar-refractivity contribution is -0.131. The summed E-state index contributed by atoms with van der Waals surface area (Å²) in [5.41, 5.74) is 1.70. The Morgan fingerprint density at radius 3 is 1.81 bits per heavy atom. The summed E-state index contributed by atoms with van der Waals surface area (Å²) in [6.07, 6.45) is 1.62. The summed E-state index contributed by atoms with van der Waals surface area (Å²) in [6.45, 7) is 5.96. The average Bonchev–Trinajstić information content (AvgIpc) is 2.75. The number of carbonyl (C=O) groups is 4. The van der Waals surface area contributed by atoms with Gasteiger partial charge in [0.15, 0.2) is 0 Å². The van der Waals surface area contributed by atoms with Gasteiger partial charge in [0.25, 0.3) is 0 Å². The number of esters is 4. The SMILES string of the molecule is C=c1c2ccc3c4c(ccc(c5ccc6c(c15)/C(=C\C)C(=O)OC6=O)c42)C(=O)OC3=O. The van der Waals surface area contributed by atoms with Crippen LogP contribution >= 0.6 is 0 Å². The fourth-order valence-corrected chi connectivity index (χ4v) is 4.79. The number of fused-ring (bicyclic) bond motifs is 4. The molecule has 0 aliphatic carbocycles. The lowest BCUT2D eigenvalue weighted by atomic mass is 9.84. The molecule has 0 saturated heterocycles. The number of carbonyl (C=O) groups excluding carboxylic acids is 4. The summed E-state index contributed by atoms with van der Waals surface area (Å²) >= 11 is 0. The van der Waals surface area contributed by atoms with Crippen molar-refractivity contribution in [1.29, 1.82) is 0 Å². The van der Waals surface area contributed by atoms with Crippen LogP contribution in [0, 0.1) is 0 Å². The minimum atomic E-state index is -0.703. The molecular weight excluding hydrogens is 396 g/mol. The Balaban J connectivity index is 1.91. The molecule has 0 amide bonds. The molecule has 0 bridgehead atoms. The predicted molar refractivity (Wildman–Crippen MR) is 114 cm³/mol. The van der Waals surface area contributed by atoms with E-state index in [4.69, 9.17) is 9.47 Å². The average molecular weight is 408 g/mol. The molecule has 2 aliphatic rings. The van der Waals surface area contributed by atoms with Crippen LogP contribution < -0.4 is 5.22 Å². The first kappa shape index (κ1) is 17.5. The molecular formula is C25H12O6. The third-order valence-electron chi connectivity index (χ3n) is 6.09. The van der Waals surface area contributed by atoms with Crippen LogP contribution in [0.4, 0.5) is 0 Å². The highest BCUT2D eigenvalue weighted by Crippen LogP contribution is 2.40. The molecule has 4 aromatic carbocycles. The van der Waals surface area contributed by atoms with Crippen molar-refractivity contribution in [3.8, 4) is 0 Å². The summed E-state index contributed by atoms with van der Waals surface area (Å²) in [5.74, 6) is -2.78. The number of allylic oxidation sites excluding steroid dienone is 1. The molecule has 0 saturated carbocycles. The number of benzene rings is 4. The number of hydrogen-bond donors (Lipinski definition) is 0. The molecule has 0 fully saturated rings. The quantitative estimate of drug-likeness (QED) is 0.145. The molecule has 0 radical (unpaired) electrons. The van der Waals surface area contributed by atoms with Gasteiger partial charge in [-0.15, -0.1) is 0 Å². The van der Waals surface area contributed by atoms with Gasteiger partial charge in [0.05, 0.1) is 22.3 Å². The Kier molecular flexibility index (Phi) is 3.19. The molecule has 6 rings (SSSR count).